The molecule has 23 heavy (non-hydrogen) atoms. The third-order valence-electron chi connectivity index (χ3n) is 4.93. The first-order chi connectivity index (χ1) is 11.1. The normalized spacial score (nSPS) is 27.7. The molecule has 0 aromatic heterocycles. The molecule has 1 saturated heterocycles. The highest BCUT2D eigenvalue weighted by Crippen LogP contribution is 2.40. The van der Waals surface area contributed by atoms with Crippen molar-refractivity contribution in [3.8, 4) is 0 Å². The summed E-state index contributed by atoms with van der Waals surface area (Å²) in [6.45, 7) is 3.33. The Morgan fingerprint density at radius 1 is 1.30 bits per heavy atom. The highest BCUT2D eigenvalue weighted by molar-refractivity contribution is 5.73. The monoisotopic (exact) mass is 319 g/mol. The molecule has 1 aliphatic heterocycles. The van der Waals surface area contributed by atoms with Crippen LogP contribution < -0.4 is 5.32 Å². The lowest BCUT2D eigenvalue weighted by Gasteiger charge is -2.41. The van der Waals surface area contributed by atoms with E-state index >= 15 is 0 Å². The van der Waals surface area contributed by atoms with Crippen molar-refractivity contribution in [1.29, 1.82) is 0 Å². The van der Waals surface area contributed by atoms with Crippen LogP contribution in [0.15, 0.2) is 30.3 Å². The third kappa shape index (κ3) is 3.57. The number of ether oxygens (including phenoxy) is 3. The van der Waals surface area contributed by atoms with Gasteiger partial charge in [-0.25, -0.2) is 0 Å². The van der Waals surface area contributed by atoms with Crippen LogP contribution in [0.5, 0.6) is 0 Å². The topological polar surface area (TPSA) is 56.8 Å². The lowest BCUT2D eigenvalue weighted by Crippen LogP contribution is -2.51. The fourth-order valence-corrected chi connectivity index (χ4v) is 3.67. The van der Waals surface area contributed by atoms with Crippen LogP contribution in [0.1, 0.15) is 37.8 Å². The van der Waals surface area contributed by atoms with Crippen LogP contribution in [0.4, 0.5) is 0 Å². The van der Waals surface area contributed by atoms with Crippen molar-refractivity contribution in [2.75, 3.05) is 20.3 Å². The van der Waals surface area contributed by atoms with Crippen LogP contribution in [0.2, 0.25) is 0 Å². The van der Waals surface area contributed by atoms with Gasteiger partial charge in [0.2, 0.25) is 0 Å². The number of methoxy groups -OCH3 is 1. The Morgan fingerprint density at radius 3 is 2.65 bits per heavy atom. The van der Waals surface area contributed by atoms with E-state index < -0.39 is 5.79 Å². The highest BCUT2D eigenvalue weighted by Gasteiger charge is 2.48. The van der Waals surface area contributed by atoms with Crippen molar-refractivity contribution in [3.05, 3.63) is 35.9 Å². The van der Waals surface area contributed by atoms with Gasteiger partial charge in [-0.15, -0.1) is 0 Å². The van der Waals surface area contributed by atoms with Gasteiger partial charge in [0.15, 0.2) is 5.79 Å². The van der Waals surface area contributed by atoms with Gasteiger partial charge in [0.05, 0.1) is 26.2 Å². The lowest BCUT2D eigenvalue weighted by atomic mass is 9.80. The summed E-state index contributed by atoms with van der Waals surface area (Å²) in [5.74, 6) is -1.04. The van der Waals surface area contributed by atoms with Crippen LogP contribution in [-0.4, -0.2) is 38.1 Å². The summed E-state index contributed by atoms with van der Waals surface area (Å²) in [5.41, 5.74) is 1.21. The fourth-order valence-electron chi connectivity index (χ4n) is 3.67. The average molecular weight is 319 g/mol. The second kappa shape index (κ2) is 6.99. The maximum Gasteiger partial charge on any atom is 0.310 e. The zero-order chi connectivity index (χ0) is 16.3. The van der Waals surface area contributed by atoms with Gasteiger partial charge in [-0.2, -0.15) is 0 Å². The number of benzene rings is 1. The number of nitrogens with one attached hydrogen (secondary N) is 1. The number of carbonyl (C=O) groups excluding carboxylic acids is 1. The van der Waals surface area contributed by atoms with Gasteiger partial charge in [-0.05, 0) is 18.9 Å². The Balaban J connectivity index is 1.71. The van der Waals surface area contributed by atoms with E-state index in [4.69, 9.17) is 14.2 Å². The molecule has 5 heteroatoms. The lowest BCUT2D eigenvalue weighted by molar-refractivity contribution is -0.198. The predicted molar refractivity (Wildman–Crippen MR) is 85.8 cm³/mol. The SMILES string of the molecule is COC(=O)[C@H]1CC2(CC[C@H]1N[C@H](C)c1ccccc1)OCCO2. The Hall–Kier alpha value is -1.43. The first-order valence-corrected chi connectivity index (χ1v) is 8.30. The molecule has 1 aromatic rings. The molecule has 5 nitrogen and oxygen atoms in total. The Morgan fingerprint density at radius 2 is 2.00 bits per heavy atom. The van der Waals surface area contributed by atoms with Crippen LogP contribution in [-0.2, 0) is 19.0 Å². The highest BCUT2D eigenvalue weighted by atomic mass is 16.7. The first-order valence-electron chi connectivity index (χ1n) is 8.30. The second-order valence-electron chi connectivity index (χ2n) is 6.39. The van der Waals surface area contributed by atoms with Crippen LogP contribution in [0.3, 0.4) is 0 Å². The molecule has 2 aliphatic rings. The number of carbonyl (C=O) groups is 1. The summed E-state index contributed by atoms with van der Waals surface area (Å²) in [7, 11) is 1.44. The maximum atomic E-state index is 12.3. The molecule has 0 unspecified atom stereocenters. The molecule has 0 bridgehead atoms. The van der Waals surface area contributed by atoms with Gasteiger partial charge in [0.1, 0.15) is 0 Å². The van der Waals surface area contributed by atoms with Gasteiger partial charge in [-0.3, -0.25) is 4.79 Å². The van der Waals surface area contributed by atoms with Crippen LogP contribution >= 0.6 is 0 Å². The van der Waals surface area contributed by atoms with Crippen molar-refractivity contribution in [3.63, 3.8) is 0 Å². The zero-order valence-electron chi connectivity index (χ0n) is 13.8. The summed E-state index contributed by atoms with van der Waals surface area (Å²) in [6, 6.07) is 10.5. The average Bonchev–Trinajstić information content (AvgIpc) is 3.04. The van der Waals surface area contributed by atoms with E-state index in [0.29, 0.717) is 19.6 Å². The summed E-state index contributed by atoms with van der Waals surface area (Å²) >= 11 is 0. The minimum Gasteiger partial charge on any atom is -0.469 e. The summed E-state index contributed by atoms with van der Waals surface area (Å²) in [5, 5.41) is 3.59. The molecular formula is C18H25NO4. The molecular weight excluding hydrogens is 294 g/mol. The van der Waals surface area contributed by atoms with E-state index in [2.05, 4.69) is 24.4 Å². The predicted octanol–water partition coefficient (Wildman–Crippen LogP) is 2.42. The van der Waals surface area contributed by atoms with Gasteiger partial charge >= 0.3 is 5.97 Å². The Kier molecular flexibility index (Phi) is 4.99. The van der Waals surface area contributed by atoms with E-state index in [9.17, 15) is 4.79 Å². The number of hydrogen-bond acceptors (Lipinski definition) is 5. The molecule has 1 aromatic carbocycles. The van der Waals surface area contributed by atoms with Crippen molar-refractivity contribution >= 4 is 5.97 Å². The Bertz CT molecular complexity index is 527. The third-order valence-corrected chi connectivity index (χ3v) is 4.93. The molecule has 1 aliphatic carbocycles. The molecule has 3 atom stereocenters. The smallest absolute Gasteiger partial charge is 0.310 e. The summed E-state index contributed by atoms with van der Waals surface area (Å²) < 4.78 is 16.6. The molecule has 126 valence electrons. The molecule has 1 saturated carbocycles. The fraction of sp³-hybridized carbons (Fsp3) is 0.611. The molecule has 1 N–H and O–H groups in total. The molecule has 1 spiro atoms. The summed E-state index contributed by atoms with van der Waals surface area (Å²) in [6.07, 6.45) is 2.19. The van der Waals surface area contributed by atoms with Crippen molar-refractivity contribution in [2.45, 2.75) is 44.1 Å². The molecule has 0 amide bonds. The number of hydrogen-bond donors (Lipinski definition) is 1. The maximum absolute atomic E-state index is 12.3. The standard InChI is InChI=1S/C18H25NO4/c1-13(14-6-4-3-5-7-14)19-16-8-9-18(22-10-11-23-18)12-15(16)17(20)21-2/h3-7,13,15-16,19H,8-12H2,1-2H3/t13-,15+,16-/m1/s1. The molecule has 0 radical (unpaired) electrons. The second-order valence-corrected chi connectivity index (χ2v) is 6.39. The van der Waals surface area contributed by atoms with Crippen LogP contribution in [0.25, 0.3) is 0 Å². The van der Waals surface area contributed by atoms with Crippen LogP contribution in [0, 0.1) is 5.92 Å². The quantitative estimate of drug-likeness (QED) is 0.864. The van der Waals surface area contributed by atoms with Gasteiger partial charge in [0, 0.05) is 24.9 Å². The van der Waals surface area contributed by atoms with Gasteiger partial charge in [-0.1, -0.05) is 30.3 Å². The zero-order valence-corrected chi connectivity index (χ0v) is 13.8. The van der Waals surface area contributed by atoms with Crippen molar-refractivity contribution in [2.24, 2.45) is 5.92 Å². The Labute approximate surface area is 137 Å². The minimum atomic E-state index is -0.590. The largest absolute Gasteiger partial charge is 0.469 e. The molecule has 1 heterocycles. The summed E-state index contributed by atoms with van der Waals surface area (Å²) in [4.78, 5) is 12.3. The van der Waals surface area contributed by atoms with E-state index in [1.54, 1.807) is 0 Å². The van der Waals surface area contributed by atoms with E-state index in [-0.39, 0.29) is 24.0 Å². The van der Waals surface area contributed by atoms with Gasteiger partial charge in [0.25, 0.3) is 0 Å². The van der Waals surface area contributed by atoms with E-state index in [0.717, 1.165) is 12.8 Å². The van der Waals surface area contributed by atoms with Gasteiger partial charge < -0.3 is 19.5 Å². The van der Waals surface area contributed by atoms with Crippen molar-refractivity contribution in [1.82, 2.24) is 5.32 Å². The number of esters is 1. The van der Waals surface area contributed by atoms with E-state index in [1.807, 2.05) is 18.2 Å². The minimum absolute atomic E-state index is 0.0658. The molecule has 3 rings (SSSR count). The molecule has 2 fully saturated rings. The first kappa shape index (κ1) is 16.4. The van der Waals surface area contributed by atoms with Crippen molar-refractivity contribution < 1.29 is 19.0 Å². The number of rotatable bonds is 4. The van der Waals surface area contributed by atoms with E-state index in [1.165, 1.54) is 12.7 Å².